The van der Waals surface area contributed by atoms with Crippen molar-refractivity contribution in [2.75, 3.05) is 7.11 Å². The molecule has 0 bridgehead atoms. The lowest BCUT2D eigenvalue weighted by Crippen LogP contribution is -2.40. The number of hydrogen-bond donors (Lipinski definition) is 1. The maximum atomic E-state index is 11.6. The van der Waals surface area contributed by atoms with Crippen molar-refractivity contribution in [1.29, 1.82) is 0 Å². The highest BCUT2D eigenvalue weighted by Crippen LogP contribution is 2.32. The summed E-state index contributed by atoms with van der Waals surface area (Å²) in [7, 11) is 1.49. The van der Waals surface area contributed by atoms with Crippen LogP contribution in [0.4, 0.5) is 0 Å². The molecule has 1 N–H and O–H groups in total. The normalized spacial score (nSPS) is 24.5. The predicted molar refractivity (Wildman–Crippen MR) is 52.6 cm³/mol. The van der Waals surface area contributed by atoms with Crippen LogP contribution in [0.5, 0.6) is 5.75 Å². The van der Waals surface area contributed by atoms with Crippen molar-refractivity contribution in [2.45, 2.75) is 19.1 Å². The van der Waals surface area contributed by atoms with E-state index < -0.39 is 11.8 Å². The molecule has 0 radical (unpaired) electrons. The van der Waals surface area contributed by atoms with Crippen molar-refractivity contribution in [2.24, 2.45) is 0 Å². The number of carbonyl (C=O) groups is 1. The molecular weight excluding hydrogens is 196 g/mol. The lowest BCUT2D eigenvalue weighted by atomic mass is 9.96. The quantitative estimate of drug-likeness (QED) is 0.710. The Morgan fingerprint density at radius 1 is 1.53 bits per heavy atom. The van der Waals surface area contributed by atoms with Gasteiger partial charge in [-0.05, 0) is 11.6 Å². The van der Waals surface area contributed by atoms with Gasteiger partial charge in [-0.3, -0.25) is 0 Å². The molecule has 0 fully saturated rings. The van der Waals surface area contributed by atoms with Gasteiger partial charge in [0.15, 0.2) is 0 Å². The Morgan fingerprint density at radius 2 is 2.27 bits per heavy atom. The number of carbonyl (C=O) groups excluding carboxylic acids is 1. The average molecular weight is 208 g/mol. The number of phenolic OH excluding ortho intramolecular Hbond substituents is 1. The number of cyclic esters (lactones) is 1. The van der Waals surface area contributed by atoms with Gasteiger partial charge in [0, 0.05) is 20.5 Å². The number of phenols is 1. The van der Waals surface area contributed by atoms with Crippen molar-refractivity contribution in [1.82, 2.24) is 0 Å². The smallest absolute Gasteiger partial charge is 0.344 e. The Bertz CT molecular complexity index is 413. The number of rotatable bonds is 1. The molecule has 0 saturated heterocycles. The van der Waals surface area contributed by atoms with E-state index in [9.17, 15) is 9.90 Å². The van der Waals surface area contributed by atoms with Crippen molar-refractivity contribution >= 4 is 5.97 Å². The summed E-state index contributed by atoms with van der Waals surface area (Å²) < 4.78 is 10.2. The van der Waals surface area contributed by atoms with E-state index in [1.165, 1.54) is 13.2 Å². The van der Waals surface area contributed by atoms with Crippen molar-refractivity contribution in [3.8, 4) is 5.75 Å². The van der Waals surface area contributed by atoms with E-state index in [-0.39, 0.29) is 11.3 Å². The van der Waals surface area contributed by atoms with Gasteiger partial charge < -0.3 is 14.6 Å². The Labute approximate surface area is 87.4 Å². The van der Waals surface area contributed by atoms with Crippen molar-refractivity contribution < 1.29 is 19.4 Å². The lowest BCUT2D eigenvalue weighted by Gasteiger charge is -2.32. The van der Waals surface area contributed by atoms with Crippen molar-refractivity contribution in [3.05, 3.63) is 29.3 Å². The second-order valence-corrected chi connectivity index (χ2v) is 3.72. The van der Waals surface area contributed by atoms with E-state index in [4.69, 9.17) is 9.47 Å². The molecule has 80 valence electrons. The molecule has 1 atom stereocenters. The van der Waals surface area contributed by atoms with Crippen LogP contribution >= 0.6 is 0 Å². The Kier molecular flexibility index (Phi) is 2.16. The molecule has 1 aromatic rings. The Balaban J connectivity index is 2.50. The van der Waals surface area contributed by atoms with Gasteiger partial charge in [-0.2, -0.15) is 0 Å². The van der Waals surface area contributed by atoms with E-state index in [0.717, 1.165) is 5.56 Å². The zero-order chi connectivity index (χ0) is 11.1. The first kappa shape index (κ1) is 9.98. The summed E-state index contributed by atoms with van der Waals surface area (Å²) in [6, 6.07) is 4.95. The number of hydrogen-bond acceptors (Lipinski definition) is 4. The first-order chi connectivity index (χ1) is 7.06. The molecule has 2 rings (SSSR count). The molecule has 1 aliphatic rings. The third-order valence-electron chi connectivity index (χ3n) is 2.58. The maximum absolute atomic E-state index is 11.6. The summed E-state index contributed by atoms with van der Waals surface area (Å²) in [4.78, 5) is 11.6. The standard InChI is InChI=1S/C11H12O4/c1-11(14-2)6-7-4-3-5-8(12)9(7)10(13)15-11/h3-5,12H,6H2,1-2H3. The fourth-order valence-electron chi connectivity index (χ4n) is 1.71. The third kappa shape index (κ3) is 1.57. The largest absolute Gasteiger partial charge is 0.507 e. The number of aromatic hydroxyl groups is 1. The molecule has 0 aromatic heterocycles. The zero-order valence-electron chi connectivity index (χ0n) is 8.61. The SMILES string of the molecule is COC1(C)Cc2cccc(O)c2C(=O)O1. The van der Waals surface area contributed by atoms with Gasteiger partial charge in [-0.15, -0.1) is 0 Å². The van der Waals surface area contributed by atoms with E-state index in [1.807, 2.05) is 0 Å². The van der Waals surface area contributed by atoms with Crippen LogP contribution in [-0.4, -0.2) is 24.0 Å². The Morgan fingerprint density at radius 3 is 2.93 bits per heavy atom. The Hall–Kier alpha value is -1.55. The van der Waals surface area contributed by atoms with Crippen LogP contribution in [0.15, 0.2) is 18.2 Å². The highest BCUT2D eigenvalue weighted by atomic mass is 16.7. The summed E-state index contributed by atoms with van der Waals surface area (Å²) in [6.45, 7) is 1.69. The van der Waals surface area contributed by atoms with Crippen LogP contribution < -0.4 is 0 Å². The van der Waals surface area contributed by atoms with Crippen molar-refractivity contribution in [3.63, 3.8) is 0 Å². The third-order valence-corrected chi connectivity index (χ3v) is 2.58. The number of methoxy groups -OCH3 is 1. The second kappa shape index (κ2) is 3.24. The fraction of sp³-hybridized carbons (Fsp3) is 0.364. The monoisotopic (exact) mass is 208 g/mol. The van der Waals surface area contributed by atoms with Gasteiger partial charge in [0.25, 0.3) is 0 Å². The number of benzene rings is 1. The van der Waals surface area contributed by atoms with E-state index in [0.29, 0.717) is 6.42 Å². The minimum Gasteiger partial charge on any atom is -0.507 e. The van der Waals surface area contributed by atoms with Gasteiger partial charge in [0.1, 0.15) is 11.3 Å². The molecule has 0 aliphatic carbocycles. The molecule has 0 spiro atoms. The van der Waals surface area contributed by atoms with E-state index >= 15 is 0 Å². The lowest BCUT2D eigenvalue weighted by molar-refractivity contribution is -0.177. The molecule has 0 amide bonds. The fourth-order valence-corrected chi connectivity index (χ4v) is 1.71. The minimum atomic E-state index is -0.933. The molecule has 1 aromatic carbocycles. The van der Waals surface area contributed by atoms with Gasteiger partial charge in [-0.1, -0.05) is 12.1 Å². The number of esters is 1. The van der Waals surface area contributed by atoms with Crippen LogP contribution in [0, 0.1) is 0 Å². The van der Waals surface area contributed by atoms with Crippen LogP contribution in [0.1, 0.15) is 22.8 Å². The average Bonchev–Trinajstić information content (AvgIpc) is 2.17. The summed E-state index contributed by atoms with van der Waals surface area (Å²) in [6.07, 6.45) is 0.443. The van der Waals surface area contributed by atoms with Crippen LogP contribution in [-0.2, 0) is 15.9 Å². The van der Waals surface area contributed by atoms with Gasteiger partial charge in [0.05, 0.1) is 0 Å². The molecule has 1 unspecified atom stereocenters. The van der Waals surface area contributed by atoms with Crippen LogP contribution in [0.3, 0.4) is 0 Å². The van der Waals surface area contributed by atoms with Gasteiger partial charge >= 0.3 is 5.97 Å². The second-order valence-electron chi connectivity index (χ2n) is 3.72. The first-order valence-corrected chi connectivity index (χ1v) is 4.65. The molecular formula is C11H12O4. The molecule has 1 aliphatic heterocycles. The van der Waals surface area contributed by atoms with Gasteiger partial charge in [0.2, 0.25) is 5.79 Å². The zero-order valence-corrected chi connectivity index (χ0v) is 8.61. The van der Waals surface area contributed by atoms with E-state index in [1.54, 1.807) is 19.1 Å². The summed E-state index contributed by atoms with van der Waals surface area (Å²) >= 11 is 0. The molecule has 4 heteroatoms. The first-order valence-electron chi connectivity index (χ1n) is 4.65. The van der Waals surface area contributed by atoms with Crippen LogP contribution in [0.2, 0.25) is 0 Å². The topological polar surface area (TPSA) is 55.8 Å². The molecule has 4 nitrogen and oxygen atoms in total. The maximum Gasteiger partial charge on any atom is 0.344 e. The van der Waals surface area contributed by atoms with Gasteiger partial charge in [-0.25, -0.2) is 4.79 Å². The summed E-state index contributed by atoms with van der Waals surface area (Å²) in [5.74, 6) is -1.52. The highest BCUT2D eigenvalue weighted by molar-refractivity contribution is 5.95. The number of fused-ring (bicyclic) bond motifs is 1. The summed E-state index contributed by atoms with van der Waals surface area (Å²) in [5, 5.41) is 9.53. The van der Waals surface area contributed by atoms with Crippen LogP contribution in [0.25, 0.3) is 0 Å². The predicted octanol–water partition coefficient (Wildman–Crippen LogP) is 1.47. The summed E-state index contributed by atoms with van der Waals surface area (Å²) in [5.41, 5.74) is 0.989. The minimum absolute atomic E-state index is 0.0457. The highest BCUT2D eigenvalue weighted by Gasteiger charge is 2.37. The molecule has 0 saturated carbocycles. The molecule has 15 heavy (non-hydrogen) atoms. The van der Waals surface area contributed by atoms with E-state index in [2.05, 4.69) is 0 Å². The molecule has 1 heterocycles. The number of ether oxygens (including phenoxy) is 2.